The summed E-state index contributed by atoms with van der Waals surface area (Å²) in [6.07, 6.45) is 2.52. The van der Waals surface area contributed by atoms with Crippen LogP contribution in [0.4, 0.5) is 0 Å². The van der Waals surface area contributed by atoms with Gasteiger partial charge >= 0.3 is 0 Å². The van der Waals surface area contributed by atoms with E-state index in [9.17, 15) is 0 Å². The molecule has 122 valence electrons. The Morgan fingerprint density at radius 3 is 2.45 bits per heavy atom. The standard InChI is InChI=1S/C18H30N4/c1-15(2)22(4)13-12-20-17(19-3)21-14-18(10-11-18)16-8-6-5-7-9-16/h5-9,15H,10-14H2,1-4H3,(H2,19,20,21). The van der Waals surface area contributed by atoms with Crippen molar-refractivity contribution < 1.29 is 0 Å². The van der Waals surface area contributed by atoms with Crippen LogP contribution in [0.1, 0.15) is 32.3 Å². The van der Waals surface area contributed by atoms with Crippen molar-refractivity contribution >= 4 is 5.96 Å². The SMILES string of the molecule is CN=C(NCCN(C)C(C)C)NCC1(c2ccccc2)CC1. The Morgan fingerprint density at radius 2 is 1.91 bits per heavy atom. The third-order valence-corrected chi connectivity index (χ3v) is 4.70. The van der Waals surface area contributed by atoms with Gasteiger partial charge in [-0.15, -0.1) is 0 Å². The topological polar surface area (TPSA) is 39.7 Å². The minimum atomic E-state index is 0.313. The second-order valence-corrected chi connectivity index (χ2v) is 6.57. The molecule has 2 N–H and O–H groups in total. The first-order valence-corrected chi connectivity index (χ1v) is 8.28. The number of guanidine groups is 1. The van der Waals surface area contributed by atoms with Crippen LogP contribution < -0.4 is 10.6 Å². The Bertz CT molecular complexity index is 477. The van der Waals surface area contributed by atoms with E-state index < -0.39 is 0 Å². The highest BCUT2D eigenvalue weighted by molar-refractivity contribution is 5.79. The van der Waals surface area contributed by atoms with Crippen molar-refractivity contribution in [1.82, 2.24) is 15.5 Å². The molecule has 0 aromatic heterocycles. The first-order valence-electron chi connectivity index (χ1n) is 8.28. The summed E-state index contributed by atoms with van der Waals surface area (Å²) in [5, 5.41) is 6.90. The molecular formula is C18H30N4. The van der Waals surface area contributed by atoms with Crippen LogP contribution in [-0.2, 0) is 5.41 Å². The van der Waals surface area contributed by atoms with Gasteiger partial charge in [0.15, 0.2) is 5.96 Å². The maximum absolute atomic E-state index is 4.33. The van der Waals surface area contributed by atoms with Crippen molar-refractivity contribution in [2.75, 3.05) is 33.7 Å². The Hall–Kier alpha value is -1.55. The molecule has 0 aliphatic heterocycles. The van der Waals surface area contributed by atoms with Gasteiger partial charge in [-0.05, 0) is 39.3 Å². The van der Waals surface area contributed by atoms with E-state index in [1.54, 1.807) is 0 Å². The molecule has 2 rings (SSSR count). The summed E-state index contributed by atoms with van der Waals surface area (Å²) in [6, 6.07) is 11.4. The van der Waals surface area contributed by atoms with Crippen molar-refractivity contribution in [2.45, 2.75) is 38.1 Å². The van der Waals surface area contributed by atoms with Crippen molar-refractivity contribution in [1.29, 1.82) is 0 Å². The van der Waals surface area contributed by atoms with Crippen molar-refractivity contribution in [2.24, 2.45) is 4.99 Å². The van der Waals surface area contributed by atoms with E-state index in [0.29, 0.717) is 11.5 Å². The van der Waals surface area contributed by atoms with Gasteiger partial charge in [-0.1, -0.05) is 30.3 Å². The summed E-state index contributed by atoms with van der Waals surface area (Å²) < 4.78 is 0. The lowest BCUT2D eigenvalue weighted by Crippen LogP contribution is -2.44. The van der Waals surface area contributed by atoms with Gasteiger partial charge < -0.3 is 15.5 Å². The molecule has 4 heteroatoms. The first-order chi connectivity index (χ1) is 10.6. The zero-order chi connectivity index (χ0) is 16.0. The van der Waals surface area contributed by atoms with Gasteiger partial charge in [0, 0.05) is 38.1 Å². The Morgan fingerprint density at radius 1 is 1.23 bits per heavy atom. The van der Waals surface area contributed by atoms with Gasteiger partial charge in [0.25, 0.3) is 0 Å². The summed E-state index contributed by atoms with van der Waals surface area (Å²) in [4.78, 5) is 6.66. The van der Waals surface area contributed by atoms with E-state index in [1.165, 1.54) is 18.4 Å². The van der Waals surface area contributed by atoms with Crippen LogP contribution in [0.5, 0.6) is 0 Å². The van der Waals surface area contributed by atoms with Gasteiger partial charge in [0.1, 0.15) is 0 Å². The smallest absolute Gasteiger partial charge is 0.191 e. The highest BCUT2D eigenvalue weighted by atomic mass is 15.2. The second-order valence-electron chi connectivity index (χ2n) is 6.57. The van der Waals surface area contributed by atoms with Crippen LogP contribution in [0, 0.1) is 0 Å². The molecule has 1 aromatic rings. The number of hydrogen-bond acceptors (Lipinski definition) is 2. The largest absolute Gasteiger partial charge is 0.356 e. The summed E-state index contributed by atoms with van der Waals surface area (Å²) in [5.74, 6) is 0.902. The molecule has 1 aliphatic rings. The molecule has 0 heterocycles. The lowest BCUT2D eigenvalue weighted by molar-refractivity contribution is 0.278. The van der Waals surface area contributed by atoms with Gasteiger partial charge in [0.2, 0.25) is 0 Å². The van der Waals surface area contributed by atoms with Crippen LogP contribution in [0.25, 0.3) is 0 Å². The fraction of sp³-hybridized carbons (Fsp3) is 0.611. The van der Waals surface area contributed by atoms with Crippen molar-refractivity contribution in [3.63, 3.8) is 0 Å². The predicted molar refractivity (Wildman–Crippen MR) is 94.5 cm³/mol. The molecule has 1 aromatic carbocycles. The van der Waals surface area contributed by atoms with Crippen LogP contribution >= 0.6 is 0 Å². The summed E-state index contributed by atoms with van der Waals surface area (Å²) in [7, 11) is 3.99. The number of rotatable bonds is 7. The number of hydrogen-bond donors (Lipinski definition) is 2. The Kier molecular flexibility index (Phi) is 5.83. The number of nitrogens with one attached hydrogen (secondary N) is 2. The van der Waals surface area contributed by atoms with Crippen molar-refractivity contribution in [3.05, 3.63) is 35.9 Å². The third-order valence-electron chi connectivity index (χ3n) is 4.70. The highest BCUT2D eigenvalue weighted by Crippen LogP contribution is 2.47. The molecule has 1 aliphatic carbocycles. The number of benzene rings is 1. The van der Waals surface area contributed by atoms with E-state index in [2.05, 4.69) is 71.8 Å². The molecule has 0 radical (unpaired) electrons. The molecular weight excluding hydrogens is 272 g/mol. The molecule has 0 bridgehead atoms. The molecule has 0 saturated heterocycles. The summed E-state index contributed by atoms with van der Waals surface area (Å²) in [6.45, 7) is 7.30. The predicted octanol–water partition coefficient (Wildman–Crippen LogP) is 2.22. The number of aliphatic imine (C=N–C) groups is 1. The zero-order valence-electron chi connectivity index (χ0n) is 14.4. The van der Waals surface area contributed by atoms with E-state index in [1.807, 2.05) is 7.05 Å². The molecule has 0 atom stereocenters. The maximum atomic E-state index is 4.33. The highest BCUT2D eigenvalue weighted by Gasteiger charge is 2.43. The Labute approximate surface area is 135 Å². The fourth-order valence-electron chi connectivity index (χ4n) is 2.59. The fourth-order valence-corrected chi connectivity index (χ4v) is 2.59. The van der Waals surface area contributed by atoms with Gasteiger partial charge in [-0.25, -0.2) is 0 Å². The van der Waals surface area contributed by atoms with E-state index >= 15 is 0 Å². The third kappa shape index (κ3) is 4.47. The summed E-state index contributed by atoms with van der Waals surface area (Å²) >= 11 is 0. The monoisotopic (exact) mass is 302 g/mol. The zero-order valence-corrected chi connectivity index (χ0v) is 14.4. The molecule has 1 fully saturated rings. The molecule has 0 unspecified atom stereocenters. The minimum absolute atomic E-state index is 0.313. The minimum Gasteiger partial charge on any atom is -0.356 e. The van der Waals surface area contributed by atoms with Gasteiger partial charge in [-0.2, -0.15) is 0 Å². The average molecular weight is 302 g/mol. The lowest BCUT2D eigenvalue weighted by atomic mass is 9.96. The summed E-state index contributed by atoms with van der Waals surface area (Å²) in [5.41, 5.74) is 1.76. The quantitative estimate of drug-likeness (QED) is 0.599. The molecule has 4 nitrogen and oxygen atoms in total. The lowest BCUT2D eigenvalue weighted by Gasteiger charge is -2.22. The Balaban J connectivity index is 1.78. The van der Waals surface area contributed by atoms with Gasteiger partial charge in [-0.3, -0.25) is 4.99 Å². The average Bonchev–Trinajstić information content (AvgIpc) is 3.32. The molecule has 1 saturated carbocycles. The van der Waals surface area contributed by atoms with Crippen LogP contribution in [0.3, 0.4) is 0 Å². The molecule has 0 amide bonds. The number of likely N-dealkylation sites (N-methyl/N-ethyl adjacent to an activating group) is 1. The second kappa shape index (κ2) is 7.63. The first kappa shape index (κ1) is 16.8. The van der Waals surface area contributed by atoms with Crippen molar-refractivity contribution in [3.8, 4) is 0 Å². The van der Waals surface area contributed by atoms with Crippen LogP contribution in [-0.4, -0.2) is 50.6 Å². The van der Waals surface area contributed by atoms with Gasteiger partial charge in [0.05, 0.1) is 0 Å². The van der Waals surface area contributed by atoms with E-state index in [4.69, 9.17) is 0 Å². The molecule has 22 heavy (non-hydrogen) atoms. The molecule has 0 spiro atoms. The van der Waals surface area contributed by atoms with E-state index in [0.717, 1.165) is 25.6 Å². The maximum Gasteiger partial charge on any atom is 0.191 e. The van der Waals surface area contributed by atoms with Crippen LogP contribution in [0.2, 0.25) is 0 Å². The number of nitrogens with zero attached hydrogens (tertiary/aromatic N) is 2. The van der Waals surface area contributed by atoms with E-state index in [-0.39, 0.29) is 0 Å². The van der Waals surface area contributed by atoms with Crippen LogP contribution in [0.15, 0.2) is 35.3 Å². The normalized spacial score (nSPS) is 16.9.